The molecule has 3 rings (SSSR count). The summed E-state index contributed by atoms with van der Waals surface area (Å²) >= 11 is 5.92. The highest BCUT2D eigenvalue weighted by Gasteiger charge is 2.38. The van der Waals surface area contributed by atoms with Gasteiger partial charge in [-0.05, 0) is 49.9 Å². The lowest BCUT2D eigenvalue weighted by molar-refractivity contribution is -0.192. The number of alkyl halides is 3. The minimum atomic E-state index is -5.08. The fourth-order valence-electron chi connectivity index (χ4n) is 2.65. The molecule has 10 heteroatoms. The number of carbonyl (C=O) groups is 2. The summed E-state index contributed by atoms with van der Waals surface area (Å²) in [6.45, 7) is 0. The van der Waals surface area contributed by atoms with Gasteiger partial charge in [0.15, 0.2) is 5.76 Å². The van der Waals surface area contributed by atoms with Crippen LogP contribution in [0.25, 0.3) is 11.0 Å². The Kier molecular flexibility index (Phi) is 6.72. The quantitative estimate of drug-likeness (QED) is 0.704. The lowest BCUT2D eigenvalue weighted by Crippen LogP contribution is -2.40. The Balaban J connectivity index is 0.000000321. The van der Waals surface area contributed by atoms with Gasteiger partial charge in [-0.25, -0.2) is 4.79 Å². The zero-order chi connectivity index (χ0) is 20.2. The number of aliphatic carboxylic acids is 1. The van der Waals surface area contributed by atoms with Crippen LogP contribution in [0.5, 0.6) is 0 Å². The van der Waals surface area contributed by atoms with Crippen molar-refractivity contribution in [1.29, 1.82) is 0 Å². The number of carboxylic acid groups (broad SMARTS) is 1. The Hall–Kier alpha value is -2.26. The van der Waals surface area contributed by atoms with Crippen LogP contribution in [-0.4, -0.2) is 35.2 Å². The Bertz CT molecular complexity index is 814. The molecule has 148 valence electrons. The number of carboxylic acids is 1. The van der Waals surface area contributed by atoms with Gasteiger partial charge in [0.05, 0.1) is 0 Å². The van der Waals surface area contributed by atoms with Gasteiger partial charge in [0, 0.05) is 22.5 Å². The highest BCUT2D eigenvalue weighted by atomic mass is 35.5. The van der Waals surface area contributed by atoms with Crippen LogP contribution >= 0.6 is 11.6 Å². The van der Waals surface area contributed by atoms with E-state index in [0.717, 1.165) is 31.1 Å². The third-order valence-electron chi connectivity index (χ3n) is 4.05. The van der Waals surface area contributed by atoms with Crippen LogP contribution in [0.15, 0.2) is 28.7 Å². The van der Waals surface area contributed by atoms with E-state index in [2.05, 4.69) is 5.32 Å². The van der Waals surface area contributed by atoms with Crippen LogP contribution in [-0.2, 0) is 4.79 Å². The molecule has 1 aromatic heterocycles. The van der Waals surface area contributed by atoms with Crippen molar-refractivity contribution >= 4 is 34.4 Å². The summed E-state index contributed by atoms with van der Waals surface area (Å²) in [6.07, 6.45) is -1.31. The molecule has 4 N–H and O–H groups in total. The molecule has 27 heavy (non-hydrogen) atoms. The third-order valence-corrected chi connectivity index (χ3v) is 4.29. The number of halogens is 4. The minimum Gasteiger partial charge on any atom is -0.475 e. The SMILES string of the molecule is N[C@H]1CC[C@H](NC(=O)c2cc3cc(Cl)ccc3o2)CC1.O=C(O)C(F)(F)F. The predicted octanol–water partition coefficient (Wildman–Crippen LogP) is 3.72. The molecule has 1 aliphatic carbocycles. The molecule has 0 spiro atoms. The molecule has 1 saturated carbocycles. The van der Waals surface area contributed by atoms with E-state index in [-0.39, 0.29) is 18.0 Å². The molecule has 0 atom stereocenters. The Morgan fingerprint density at radius 3 is 2.33 bits per heavy atom. The lowest BCUT2D eigenvalue weighted by Gasteiger charge is -2.26. The number of hydrogen-bond acceptors (Lipinski definition) is 4. The molecule has 1 amide bonds. The molecule has 2 aromatic rings. The Morgan fingerprint density at radius 1 is 1.19 bits per heavy atom. The van der Waals surface area contributed by atoms with Gasteiger partial charge < -0.3 is 20.6 Å². The third kappa shape index (κ3) is 6.14. The van der Waals surface area contributed by atoms with E-state index in [0.29, 0.717) is 16.4 Å². The van der Waals surface area contributed by atoms with Crippen LogP contribution in [0.1, 0.15) is 36.2 Å². The van der Waals surface area contributed by atoms with Crippen LogP contribution in [0, 0.1) is 0 Å². The van der Waals surface area contributed by atoms with Gasteiger partial charge in [-0.15, -0.1) is 0 Å². The number of amides is 1. The summed E-state index contributed by atoms with van der Waals surface area (Å²) in [5.74, 6) is -2.59. The highest BCUT2D eigenvalue weighted by Crippen LogP contribution is 2.24. The molecule has 1 aliphatic rings. The van der Waals surface area contributed by atoms with Gasteiger partial charge in [-0.1, -0.05) is 11.6 Å². The minimum absolute atomic E-state index is 0.169. The van der Waals surface area contributed by atoms with Gasteiger partial charge in [0.2, 0.25) is 0 Å². The molecular formula is C17H18ClF3N2O4. The van der Waals surface area contributed by atoms with Crippen molar-refractivity contribution in [2.24, 2.45) is 5.73 Å². The second-order valence-corrected chi connectivity index (χ2v) is 6.62. The van der Waals surface area contributed by atoms with Crippen molar-refractivity contribution in [3.05, 3.63) is 35.0 Å². The number of nitrogens with two attached hydrogens (primary N) is 1. The largest absolute Gasteiger partial charge is 0.490 e. The standard InChI is InChI=1S/C15H17ClN2O2.C2HF3O2/c16-10-1-6-13-9(7-10)8-14(20-13)15(19)18-12-4-2-11(17)3-5-12;3-2(4,5)1(6)7/h1,6-8,11-12H,2-5,17H2,(H,18,19);(H,6,7)/t11-,12-;. The van der Waals surface area contributed by atoms with Crippen LogP contribution < -0.4 is 11.1 Å². The molecule has 0 bridgehead atoms. The first kappa shape index (κ1) is 21.0. The number of fused-ring (bicyclic) bond motifs is 1. The van der Waals surface area contributed by atoms with Crippen molar-refractivity contribution < 1.29 is 32.3 Å². The van der Waals surface area contributed by atoms with Crippen molar-refractivity contribution in [2.75, 3.05) is 0 Å². The Morgan fingerprint density at radius 2 is 1.78 bits per heavy atom. The van der Waals surface area contributed by atoms with E-state index in [1.165, 1.54) is 0 Å². The number of rotatable bonds is 2. The van der Waals surface area contributed by atoms with Gasteiger partial charge >= 0.3 is 12.1 Å². The normalized spacial score (nSPS) is 19.9. The maximum atomic E-state index is 12.2. The zero-order valence-electron chi connectivity index (χ0n) is 14.1. The number of carbonyl (C=O) groups excluding carboxylic acids is 1. The molecule has 0 saturated heterocycles. The van der Waals surface area contributed by atoms with Crippen LogP contribution in [0.2, 0.25) is 5.02 Å². The molecule has 6 nitrogen and oxygen atoms in total. The van der Waals surface area contributed by atoms with E-state index in [4.69, 9.17) is 31.7 Å². The molecule has 1 heterocycles. The summed E-state index contributed by atoms with van der Waals surface area (Å²) in [6, 6.07) is 7.50. The van der Waals surface area contributed by atoms with Crippen molar-refractivity contribution in [3.63, 3.8) is 0 Å². The maximum absolute atomic E-state index is 12.2. The van der Waals surface area contributed by atoms with Gasteiger partial charge in [0.25, 0.3) is 5.91 Å². The monoisotopic (exact) mass is 406 g/mol. The predicted molar refractivity (Wildman–Crippen MR) is 92.6 cm³/mol. The van der Waals surface area contributed by atoms with Crippen molar-refractivity contribution in [1.82, 2.24) is 5.32 Å². The fourth-order valence-corrected chi connectivity index (χ4v) is 2.83. The molecule has 1 aromatic carbocycles. The van der Waals surface area contributed by atoms with Crippen molar-refractivity contribution in [3.8, 4) is 0 Å². The molecule has 0 radical (unpaired) electrons. The van der Waals surface area contributed by atoms with E-state index in [9.17, 15) is 18.0 Å². The summed E-state index contributed by atoms with van der Waals surface area (Å²) in [5, 5.41) is 11.6. The summed E-state index contributed by atoms with van der Waals surface area (Å²) < 4.78 is 37.3. The van der Waals surface area contributed by atoms with Gasteiger partial charge in [-0.3, -0.25) is 4.79 Å². The molecule has 0 unspecified atom stereocenters. The van der Waals surface area contributed by atoms with Crippen LogP contribution in [0.4, 0.5) is 13.2 Å². The number of furan rings is 1. The second kappa shape index (κ2) is 8.62. The highest BCUT2D eigenvalue weighted by molar-refractivity contribution is 6.31. The Labute approximate surface area is 157 Å². The van der Waals surface area contributed by atoms with E-state index in [1.807, 2.05) is 0 Å². The van der Waals surface area contributed by atoms with E-state index < -0.39 is 12.1 Å². The van der Waals surface area contributed by atoms with E-state index >= 15 is 0 Å². The van der Waals surface area contributed by atoms with Crippen molar-refractivity contribution in [2.45, 2.75) is 43.9 Å². The summed E-state index contributed by atoms with van der Waals surface area (Å²) in [7, 11) is 0. The maximum Gasteiger partial charge on any atom is 0.490 e. The zero-order valence-corrected chi connectivity index (χ0v) is 14.8. The van der Waals surface area contributed by atoms with Gasteiger partial charge in [0.1, 0.15) is 5.58 Å². The first-order valence-corrected chi connectivity index (χ1v) is 8.49. The molecule has 0 aliphatic heterocycles. The number of hydrogen-bond donors (Lipinski definition) is 3. The molecule has 1 fully saturated rings. The number of nitrogens with one attached hydrogen (secondary N) is 1. The summed E-state index contributed by atoms with van der Waals surface area (Å²) in [5.41, 5.74) is 6.53. The first-order chi connectivity index (χ1) is 12.6. The summed E-state index contributed by atoms with van der Waals surface area (Å²) in [4.78, 5) is 21.1. The lowest BCUT2D eigenvalue weighted by atomic mass is 9.92. The van der Waals surface area contributed by atoms with Crippen LogP contribution in [0.3, 0.4) is 0 Å². The smallest absolute Gasteiger partial charge is 0.475 e. The first-order valence-electron chi connectivity index (χ1n) is 8.12. The fraction of sp³-hybridized carbons (Fsp3) is 0.412. The average molecular weight is 407 g/mol. The molecular weight excluding hydrogens is 389 g/mol. The number of benzene rings is 1. The van der Waals surface area contributed by atoms with Gasteiger partial charge in [-0.2, -0.15) is 13.2 Å². The average Bonchev–Trinajstić information content (AvgIpc) is 3.00. The topological polar surface area (TPSA) is 106 Å². The second-order valence-electron chi connectivity index (χ2n) is 6.18. The van der Waals surface area contributed by atoms with E-state index in [1.54, 1.807) is 24.3 Å².